The Bertz CT molecular complexity index is 271. The van der Waals surface area contributed by atoms with Gasteiger partial charge < -0.3 is 15.0 Å². The van der Waals surface area contributed by atoms with Crippen LogP contribution in [0.5, 0.6) is 0 Å². The summed E-state index contributed by atoms with van der Waals surface area (Å²) >= 11 is 0. The molecule has 1 rings (SSSR count). The minimum Gasteiger partial charge on any atom is -0.385 e. The molecule has 0 amide bonds. The molecule has 1 heterocycles. The first-order chi connectivity index (χ1) is 7.24. The highest BCUT2D eigenvalue weighted by Crippen LogP contribution is 2.03. The lowest BCUT2D eigenvalue weighted by atomic mass is 10.2. The average molecular weight is 211 g/mol. The minimum absolute atomic E-state index is 0.171. The van der Waals surface area contributed by atoms with Gasteiger partial charge in [-0.25, -0.2) is 4.98 Å². The van der Waals surface area contributed by atoms with Gasteiger partial charge in [0.25, 0.3) is 0 Å². The molecule has 86 valence electrons. The van der Waals surface area contributed by atoms with Gasteiger partial charge in [0.15, 0.2) is 0 Å². The molecule has 0 saturated carbocycles. The van der Waals surface area contributed by atoms with E-state index >= 15 is 0 Å². The van der Waals surface area contributed by atoms with E-state index in [4.69, 9.17) is 10.5 Å². The van der Waals surface area contributed by atoms with Gasteiger partial charge in [0.05, 0.1) is 0 Å². The van der Waals surface area contributed by atoms with Crippen molar-refractivity contribution in [2.75, 3.05) is 13.7 Å². The van der Waals surface area contributed by atoms with Crippen LogP contribution >= 0.6 is 0 Å². The first-order valence-electron chi connectivity index (χ1n) is 5.48. The Balaban J connectivity index is 2.36. The third-order valence-corrected chi connectivity index (χ3v) is 2.30. The van der Waals surface area contributed by atoms with Crippen LogP contribution in [-0.2, 0) is 17.7 Å². The standard InChI is InChI=1S/C11H21N3O/c1-10(12)9-11-13-5-7-14(11)6-3-4-8-15-2/h5,7,10H,3-4,6,8-9,12H2,1-2H3. The first-order valence-corrected chi connectivity index (χ1v) is 5.48. The van der Waals surface area contributed by atoms with Gasteiger partial charge in [0, 0.05) is 45.1 Å². The molecule has 0 aliphatic heterocycles. The number of hydrogen-bond acceptors (Lipinski definition) is 3. The quantitative estimate of drug-likeness (QED) is 0.689. The van der Waals surface area contributed by atoms with Crippen LogP contribution in [-0.4, -0.2) is 29.3 Å². The molecular weight excluding hydrogens is 190 g/mol. The van der Waals surface area contributed by atoms with Gasteiger partial charge in [-0.2, -0.15) is 0 Å². The molecule has 0 radical (unpaired) electrons. The fourth-order valence-corrected chi connectivity index (χ4v) is 1.55. The van der Waals surface area contributed by atoms with Crippen LogP contribution in [0.4, 0.5) is 0 Å². The van der Waals surface area contributed by atoms with Crippen molar-refractivity contribution < 1.29 is 4.74 Å². The third kappa shape index (κ3) is 4.44. The third-order valence-electron chi connectivity index (χ3n) is 2.30. The second kappa shape index (κ2) is 6.58. The summed E-state index contributed by atoms with van der Waals surface area (Å²) in [5.74, 6) is 1.09. The van der Waals surface area contributed by atoms with Crippen molar-refractivity contribution in [1.29, 1.82) is 0 Å². The number of imidazole rings is 1. The van der Waals surface area contributed by atoms with Gasteiger partial charge >= 0.3 is 0 Å². The van der Waals surface area contributed by atoms with Crippen molar-refractivity contribution in [3.63, 3.8) is 0 Å². The zero-order chi connectivity index (χ0) is 11.1. The highest BCUT2D eigenvalue weighted by Gasteiger charge is 2.04. The summed E-state index contributed by atoms with van der Waals surface area (Å²) in [7, 11) is 1.73. The zero-order valence-electron chi connectivity index (χ0n) is 9.65. The number of hydrogen-bond donors (Lipinski definition) is 1. The summed E-state index contributed by atoms with van der Waals surface area (Å²) in [6, 6.07) is 0.171. The smallest absolute Gasteiger partial charge is 0.110 e. The second-order valence-electron chi connectivity index (χ2n) is 3.92. The Kier molecular flexibility index (Phi) is 5.36. The minimum atomic E-state index is 0.171. The van der Waals surface area contributed by atoms with Crippen molar-refractivity contribution in [2.45, 2.75) is 38.8 Å². The van der Waals surface area contributed by atoms with E-state index in [9.17, 15) is 0 Å². The molecule has 0 aliphatic rings. The molecular formula is C11H21N3O. The zero-order valence-corrected chi connectivity index (χ0v) is 9.65. The van der Waals surface area contributed by atoms with Crippen molar-refractivity contribution in [2.24, 2.45) is 5.73 Å². The number of nitrogens with two attached hydrogens (primary N) is 1. The Morgan fingerprint density at radius 3 is 3.00 bits per heavy atom. The Morgan fingerprint density at radius 1 is 1.53 bits per heavy atom. The summed E-state index contributed by atoms with van der Waals surface area (Å²) in [6.07, 6.45) is 6.91. The molecule has 1 aromatic rings. The van der Waals surface area contributed by atoms with Crippen LogP contribution in [0.3, 0.4) is 0 Å². The van der Waals surface area contributed by atoms with E-state index in [1.165, 1.54) is 0 Å². The fraction of sp³-hybridized carbons (Fsp3) is 0.727. The number of aromatic nitrogens is 2. The van der Waals surface area contributed by atoms with E-state index in [0.29, 0.717) is 0 Å². The molecule has 2 N–H and O–H groups in total. The second-order valence-corrected chi connectivity index (χ2v) is 3.92. The van der Waals surface area contributed by atoms with Gasteiger partial charge in [-0.05, 0) is 19.8 Å². The lowest BCUT2D eigenvalue weighted by Crippen LogP contribution is -2.20. The van der Waals surface area contributed by atoms with Crippen LogP contribution in [0.25, 0.3) is 0 Å². The number of rotatable bonds is 7. The van der Waals surface area contributed by atoms with Gasteiger partial charge in [-0.15, -0.1) is 0 Å². The Hall–Kier alpha value is -0.870. The van der Waals surface area contributed by atoms with Gasteiger partial charge in [-0.3, -0.25) is 0 Å². The SMILES string of the molecule is COCCCCn1ccnc1CC(C)N. The predicted molar refractivity (Wildman–Crippen MR) is 60.7 cm³/mol. The maximum Gasteiger partial charge on any atom is 0.110 e. The molecule has 1 atom stereocenters. The Labute approximate surface area is 91.4 Å². The van der Waals surface area contributed by atoms with Crippen LogP contribution in [0, 0.1) is 0 Å². The summed E-state index contributed by atoms with van der Waals surface area (Å²) in [4.78, 5) is 4.31. The predicted octanol–water partition coefficient (Wildman–Crippen LogP) is 1.20. The summed E-state index contributed by atoms with van der Waals surface area (Å²) in [5, 5.41) is 0. The van der Waals surface area contributed by atoms with E-state index in [1.54, 1.807) is 7.11 Å². The molecule has 0 aliphatic carbocycles. The molecule has 0 bridgehead atoms. The molecule has 0 spiro atoms. The molecule has 15 heavy (non-hydrogen) atoms. The normalized spacial score (nSPS) is 13.0. The van der Waals surface area contributed by atoms with E-state index in [-0.39, 0.29) is 6.04 Å². The van der Waals surface area contributed by atoms with Gasteiger partial charge in [-0.1, -0.05) is 0 Å². The van der Waals surface area contributed by atoms with Crippen molar-refractivity contribution in [3.8, 4) is 0 Å². The summed E-state index contributed by atoms with van der Waals surface area (Å²) in [5.41, 5.74) is 5.76. The number of aryl methyl sites for hydroxylation is 1. The van der Waals surface area contributed by atoms with Gasteiger partial charge in [0.2, 0.25) is 0 Å². The number of nitrogens with zero attached hydrogens (tertiary/aromatic N) is 2. The first kappa shape index (κ1) is 12.2. The molecule has 0 saturated heterocycles. The molecule has 4 nitrogen and oxygen atoms in total. The average Bonchev–Trinajstić information content (AvgIpc) is 2.59. The largest absolute Gasteiger partial charge is 0.385 e. The van der Waals surface area contributed by atoms with Crippen molar-refractivity contribution in [1.82, 2.24) is 9.55 Å². The monoisotopic (exact) mass is 211 g/mol. The lowest BCUT2D eigenvalue weighted by Gasteiger charge is -2.09. The molecule has 0 fully saturated rings. The summed E-state index contributed by atoms with van der Waals surface area (Å²) in [6.45, 7) is 3.84. The topological polar surface area (TPSA) is 53.1 Å². The van der Waals surface area contributed by atoms with Crippen LogP contribution < -0.4 is 5.73 Å². The van der Waals surface area contributed by atoms with E-state index in [1.807, 2.05) is 19.3 Å². The molecule has 1 aromatic heterocycles. The summed E-state index contributed by atoms with van der Waals surface area (Å²) < 4.78 is 7.19. The van der Waals surface area contributed by atoms with Crippen molar-refractivity contribution >= 4 is 0 Å². The van der Waals surface area contributed by atoms with Crippen LogP contribution in [0.2, 0.25) is 0 Å². The van der Waals surface area contributed by atoms with E-state index in [2.05, 4.69) is 9.55 Å². The molecule has 4 heteroatoms. The van der Waals surface area contributed by atoms with Crippen molar-refractivity contribution in [3.05, 3.63) is 18.2 Å². The Morgan fingerprint density at radius 2 is 2.33 bits per heavy atom. The number of methoxy groups -OCH3 is 1. The van der Waals surface area contributed by atoms with E-state index < -0.39 is 0 Å². The van der Waals surface area contributed by atoms with Crippen LogP contribution in [0.15, 0.2) is 12.4 Å². The fourth-order valence-electron chi connectivity index (χ4n) is 1.55. The molecule has 1 unspecified atom stereocenters. The highest BCUT2D eigenvalue weighted by molar-refractivity contribution is 4.94. The maximum absolute atomic E-state index is 5.76. The van der Waals surface area contributed by atoms with Crippen LogP contribution in [0.1, 0.15) is 25.6 Å². The lowest BCUT2D eigenvalue weighted by molar-refractivity contribution is 0.191. The van der Waals surface area contributed by atoms with E-state index in [0.717, 1.165) is 38.2 Å². The number of ether oxygens (including phenoxy) is 1. The highest BCUT2D eigenvalue weighted by atomic mass is 16.5. The number of unbranched alkanes of at least 4 members (excludes halogenated alkanes) is 1. The maximum atomic E-state index is 5.76. The molecule has 0 aromatic carbocycles. The van der Waals surface area contributed by atoms with Gasteiger partial charge in [0.1, 0.15) is 5.82 Å².